The molecule has 0 amide bonds. The zero-order chi connectivity index (χ0) is 24.7. The van der Waals surface area contributed by atoms with Crippen LogP contribution in [0.5, 0.6) is 0 Å². The zero-order valence-electron chi connectivity index (χ0n) is 22.6. The third-order valence-electron chi connectivity index (χ3n) is 11.4. The van der Waals surface area contributed by atoms with Crippen LogP contribution in [0.3, 0.4) is 0 Å². The van der Waals surface area contributed by atoms with Gasteiger partial charge >= 0.3 is 0 Å². The Kier molecular flexibility index (Phi) is 5.92. The molecule has 1 unspecified atom stereocenters. The van der Waals surface area contributed by atoms with Crippen LogP contribution in [0.4, 0.5) is 0 Å². The molecule has 4 heterocycles. The fourth-order valence-electron chi connectivity index (χ4n) is 8.84. The van der Waals surface area contributed by atoms with E-state index in [1.807, 2.05) is 27.7 Å². The standard InChI is InChI=1S/C29H48O5/c1-18(2)22(30)13-14-26(7)23-11-9-20(4)28(26,33-23)15-12-21-19(3)8-10-24-27(21)16-17-29(31,34-27)25(5,6)32-24/h18-21,23-24,31H,8-17H2,1-7H3/t19-,20-,21-,23+,24-,26-,27?,28-,29-/m0/s1. The summed E-state index contributed by atoms with van der Waals surface area (Å²) in [4.78, 5) is 12.5. The van der Waals surface area contributed by atoms with Gasteiger partial charge in [-0.25, -0.2) is 0 Å². The first-order valence-electron chi connectivity index (χ1n) is 14.1. The Morgan fingerprint density at radius 3 is 2.35 bits per heavy atom. The molecule has 0 aromatic rings. The SMILES string of the molecule is CC(C)C(=O)CC[C@@]1(C)[C@H]2CC[C@H](C)[C@]1(CC[C@H]1[C@@H](C)CC[C@@H]3OC(C)(C)[C@]4(O)CCC31O4)O2. The van der Waals surface area contributed by atoms with Crippen molar-refractivity contribution in [3.63, 3.8) is 0 Å². The van der Waals surface area contributed by atoms with Gasteiger partial charge in [0.25, 0.3) is 0 Å². The number of ketones is 1. The number of rotatable bonds is 7. The fraction of sp³-hybridized carbons (Fsp3) is 0.966. The monoisotopic (exact) mass is 476 g/mol. The predicted octanol–water partition coefficient (Wildman–Crippen LogP) is 5.81. The highest BCUT2D eigenvalue weighted by Gasteiger charge is 2.71. The van der Waals surface area contributed by atoms with Gasteiger partial charge in [-0.2, -0.15) is 0 Å². The lowest BCUT2D eigenvalue weighted by Gasteiger charge is -2.69. The lowest BCUT2D eigenvalue weighted by Crippen LogP contribution is -2.73. The van der Waals surface area contributed by atoms with Crippen molar-refractivity contribution in [2.24, 2.45) is 29.1 Å². The summed E-state index contributed by atoms with van der Waals surface area (Å²) in [5.41, 5.74) is -1.15. The third-order valence-corrected chi connectivity index (χ3v) is 11.4. The zero-order valence-corrected chi connectivity index (χ0v) is 22.6. The summed E-state index contributed by atoms with van der Waals surface area (Å²) in [7, 11) is 0. The summed E-state index contributed by atoms with van der Waals surface area (Å²) in [6, 6.07) is 0. The molecule has 4 bridgehead atoms. The third kappa shape index (κ3) is 3.28. The molecule has 2 aliphatic carbocycles. The van der Waals surface area contributed by atoms with Crippen molar-refractivity contribution < 1.29 is 24.1 Å². The second-order valence-corrected chi connectivity index (χ2v) is 13.7. The van der Waals surface area contributed by atoms with Crippen molar-refractivity contribution in [1.29, 1.82) is 0 Å². The van der Waals surface area contributed by atoms with E-state index in [-0.39, 0.29) is 34.7 Å². The minimum atomic E-state index is -1.20. The molecule has 34 heavy (non-hydrogen) atoms. The number of fused-ring (bicyclic) bond motifs is 3. The smallest absolute Gasteiger partial charge is 0.195 e. The van der Waals surface area contributed by atoms with Gasteiger partial charge in [0.2, 0.25) is 0 Å². The van der Waals surface area contributed by atoms with Crippen LogP contribution in [0.25, 0.3) is 0 Å². The van der Waals surface area contributed by atoms with Crippen molar-refractivity contribution in [3.05, 3.63) is 0 Å². The molecule has 194 valence electrons. The Hall–Kier alpha value is -0.490. The van der Waals surface area contributed by atoms with E-state index in [1.54, 1.807) is 0 Å². The number of aliphatic hydroxyl groups is 1. The van der Waals surface area contributed by atoms with Gasteiger partial charge in [0, 0.05) is 24.2 Å². The normalized spacial score (nSPS) is 51.1. The minimum absolute atomic E-state index is 0.0536. The first-order chi connectivity index (χ1) is 15.8. The molecule has 9 atom stereocenters. The highest BCUT2D eigenvalue weighted by atomic mass is 16.7. The number of Topliss-reactive ketones (excluding diaryl/α,β-unsaturated/α-hetero) is 1. The average molecular weight is 477 g/mol. The van der Waals surface area contributed by atoms with Gasteiger partial charge in [0.05, 0.1) is 17.8 Å². The molecule has 5 nitrogen and oxygen atoms in total. The number of carbonyl (C=O) groups is 1. The number of hydrogen-bond donors (Lipinski definition) is 1. The Morgan fingerprint density at radius 1 is 0.971 bits per heavy atom. The molecule has 0 aromatic carbocycles. The molecule has 5 heteroatoms. The van der Waals surface area contributed by atoms with Crippen LogP contribution in [0, 0.1) is 29.1 Å². The molecule has 6 aliphatic rings. The maximum atomic E-state index is 12.5. The van der Waals surface area contributed by atoms with Gasteiger partial charge < -0.3 is 19.3 Å². The lowest BCUT2D eigenvalue weighted by atomic mass is 9.49. The summed E-state index contributed by atoms with van der Waals surface area (Å²) in [5.74, 6) is 0.654. The van der Waals surface area contributed by atoms with E-state index in [9.17, 15) is 9.90 Å². The topological polar surface area (TPSA) is 65.0 Å². The van der Waals surface area contributed by atoms with Crippen molar-refractivity contribution in [1.82, 2.24) is 0 Å². The van der Waals surface area contributed by atoms with Gasteiger partial charge in [-0.05, 0) is 83.0 Å². The lowest BCUT2D eigenvalue weighted by molar-refractivity contribution is -0.400. The molecule has 6 fully saturated rings. The van der Waals surface area contributed by atoms with Gasteiger partial charge in [-0.3, -0.25) is 4.79 Å². The molecule has 6 rings (SSSR count). The van der Waals surface area contributed by atoms with Crippen LogP contribution in [0.2, 0.25) is 0 Å². The van der Waals surface area contributed by atoms with Gasteiger partial charge in [-0.1, -0.05) is 34.6 Å². The summed E-state index contributed by atoms with van der Waals surface area (Å²) in [6.07, 6.45) is 9.95. The van der Waals surface area contributed by atoms with Crippen molar-refractivity contribution in [2.75, 3.05) is 0 Å². The quantitative estimate of drug-likeness (QED) is 0.502. The maximum absolute atomic E-state index is 12.5. The van der Waals surface area contributed by atoms with E-state index < -0.39 is 11.4 Å². The summed E-state index contributed by atoms with van der Waals surface area (Å²) in [6.45, 7) is 15.1. The van der Waals surface area contributed by atoms with Crippen molar-refractivity contribution >= 4 is 5.78 Å². The molecule has 0 radical (unpaired) electrons. The molecular weight excluding hydrogens is 428 g/mol. The Balaban J connectivity index is 1.37. The molecule has 1 N–H and O–H groups in total. The molecule has 1 spiro atoms. The highest BCUT2D eigenvalue weighted by molar-refractivity contribution is 5.80. The molecule has 0 aromatic heterocycles. The Morgan fingerprint density at radius 2 is 1.68 bits per heavy atom. The minimum Gasteiger partial charge on any atom is -0.370 e. The number of ether oxygens (including phenoxy) is 3. The predicted molar refractivity (Wildman–Crippen MR) is 131 cm³/mol. The molecule has 4 saturated heterocycles. The van der Waals surface area contributed by atoms with E-state index >= 15 is 0 Å². The van der Waals surface area contributed by atoms with Crippen LogP contribution in [0.15, 0.2) is 0 Å². The summed E-state index contributed by atoms with van der Waals surface area (Å²) >= 11 is 0. The van der Waals surface area contributed by atoms with E-state index in [2.05, 4.69) is 20.8 Å². The van der Waals surface area contributed by atoms with Gasteiger partial charge in [0.1, 0.15) is 17.0 Å². The average Bonchev–Trinajstić information content (AvgIpc) is 3.10. The Labute approximate surface area is 206 Å². The largest absolute Gasteiger partial charge is 0.370 e. The molecular formula is C29H48O5. The highest BCUT2D eigenvalue weighted by Crippen LogP contribution is 2.66. The van der Waals surface area contributed by atoms with E-state index in [0.29, 0.717) is 36.4 Å². The number of carbonyl (C=O) groups excluding carboxylic acids is 1. The van der Waals surface area contributed by atoms with Crippen LogP contribution in [-0.4, -0.2) is 45.7 Å². The van der Waals surface area contributed by atoms with E-state index in [0.717, 1.165) is 44.9 Å². The number of hydrogen-bond acceptors (Lipinski definition) is 5. The van der Waals surface area contributed by atoms with Crippen LogP contribution >= 0.6 is 0 Å². The Bertz CT molecular complexity index is 823. The first-order valence-corrected chi connectivity index (χ1v) is 14.1. The second kappa shape index (κ2) is 8.00. The van der Waals surface area contributed by atoms with Crippen LogP contribution in [-0.2, 0) is 19.0 Å². The van der Waals surface area contributed by atoms with E-state index in [1.165, 1.54) is 6.42 Å². The molecule has 2 saturated carbocycles. The second-order valence-electron chi connectivity index (χ2n) is 13.7. The molecule has 4 aliphatic heterocycles. The van der Waals surface area contributed by atoms with Crippen molar-refractivity contribution in [2.45, 2.75) is 147 Å². The van der Waals surface area contributed by atoms with Gasteiger partial charge in [-0.15, -0.1) is 0 Å². The first kappa shape index (κ1) is 25.2. The van der Waals surface area contributed by atoms with E-state index in [4.69, 9.17) is 14.2 Å². The maximum Gasteiger partial charge on any atom is 0.195 e. The summed E-state index contributed by atoms with van der Waals surface area (Å²) < 4.78 is 20.0. The van der Waals surface area contributed by atoms with Gasteiger partial charge in [0.15, 0.2) is 5.79 Å². The van der Waals surface area contributed by atoms with Crippen LogP contribution < -0.4 is 0 Å². The van der Waals surface area contributed by atoms with Crippen molar-refractivity contribution in [3.8, 4) is 0 Å². The summed E-state index contributed by atoms with van der Waals surface area (Å²) in [5, 5.41) is 11.4. The fourth-order valence-corrected chi connectivity index (χ4v) is 8.84. The van der Waals surface area contributed by atoms with Crippen LogP contribution in [0.1, 0.15) is 113 Å².